The molecule has 1 fully saturated rings. The van der Waals surface area contributed by atoms with Crippen molar-refractivity contribution in [2.75, 3.05) is 24.5 Å². The second-order valence-corrected chi connectivity index (χ2v) is 7.71. The Bertz CT molecular complexity index is 686. The van der Waals surface area contributed by atoms with E-state index < -0.39 is 23.7 Å². The lowest BCUT2D eigenvalue weighted by atomic mass is 10.1. The molecule has 7 nitrogen and oxygen atoms in total. The van der Waals surface area contributed by atoms with E-state index in [1.807, 2.05) is 0 Å². The highest BCUT2D eigenvalue weighted by atomic mass is 79.9. The molecular weight excluding hydrogens is 392 g/mol. The van der Waals surface area contributed by atoms with Gasteiger partial charge in [-0.3, -0.25) is 9.69 Å². The normalized spacial score (nSPS) is 18.0. The van der Waals surface area contributed by atoms with Gasteiger partial charge in [0.1, 0.15) is 11.6 Å². The fourth-order valence-electron chi connectivity index (χ4n) is 2.66. The number of carbonyl (C=O) groups is 3. The van der Waals surface area contributed by atoms with Gasteiger partial charge >= 0.3 is 12.1 Å². The van der Waals surface area contributed by atoms with Gasteiger partial charge in [-0.2, -0.15) is 0 Å². The number of carboxylic acid groups (broad SMARTS) is 1. The number of rotatable bonds is 3. The number of aldehydes is 1. The van der Waals surface area contributed by atoms with Crippen LogP contribution in [-0.2, 0) is 9.53 Å². The van der Waals surface area contributed by atoms with E-state index >= 15 is 0 Å². The first-order valence-corrected chi connectivity index (χ1v) is 8.64. The molecule has 136 valence electrons. The molecule has 0 radical (unpaired) electrons. The van der Waals surface area contributed by atoms with Gasteiger partial charge in [-0.05, 0) is 39.0 Å². The second kappa shape index (κ2) is 7.43. The first-order valence-electron chi connectivity index (χ1n) is 7.84. The van der Waals surface area contributed by atoms with Crippen LogP contribution in [0.25, 0.3) is 0 Å². The van der Waals surface area contributed by atoms with E-state index in [1.165, 1.54) is 4.90 Å². The van der Waals surface area contributed by atoms with Gasteiger partial charge in [-0.1, -0.05) is 15.9 Å². The third kappa shape index (κ3) is 4.72. The number of carboxylic acids is 1. The van der Waals surface area contributed by atoms with Crippen molar-refractivity contribution in [3.05, 3.63) is 28.2 Å². The van der Waals surface area contributed by atoms with E-state index in [2.05, 4.69) is 15.9 Å². The lowest BCUT2D eigenvalue weighted by Gasteiger charge is -2.41. The Morgan fingerprint density at radius 2 is 2.00 bits per heavy atom. The molecular formula is C17H21BrN2O5. The van der Waals surface area contributed by atoms with Crippen LogP contribution in [0.3, 0.4) is 0 Å². The molecule has 1 N–H and O–H groups in total. The maximum atomic E-state index is 12.3. The number of nitrogens with zero attached hydrogens (tertiary/aromatic N) is 2. The highest BCUT2D eigenvalue weighted by molar-refractivity contribution is 9.10. The van der Waals surface area contributed by atoms with E-state index in [1.54, 1.807) is 43.9 Å². The smallest absolute Gasteiger partial charge is 0.411 e. The zero-order chi connectivity index (χ0) is 18.8. The summed E-state index contributed by atoms with van der Waals surface area (Å²) in [6.07, 6.45) is 0.0850. The average molecular weight is 413 g/mol. The monoisotopic (exact) mass is 412 g/mol. The van der Waals surface area contributed by atoms with Crippen molar-refractivity contribution in [1.82, 2.24) is 4.90 Å². The molecule has 2 rings (SSSR count). The summed E-state index contributed by atoms with van der Waals surface area (Å²) in [5, 5.41) is 9.54. The molecule has 1 aromatic carbocycles. The molecule has 1 aromatic rings. The number of piperazine rings is 1. The van der Waals surface area contributed by atoms with Gasteiger partial charge < -0.3 is 14.7 Å². The lowest BCUT2D eigenvalue weighted by Crippen LogP contribution is -2.59. The van der Waals surface area contributed by atoms with Crippen molar-refractivity contribution >= 4 is 40.0 Å². The standard InChI is InChI=1S/C17H21BrN2O5/c1-17(2,3)25-16(24)20-7-6-19(9-14(20)15(22)23)13-5-4-12(18)8-11(13)10-21/h4-5,8,10,14H,6-7,9H2,1-3H3,(H,22,23)/t14-/m0/s1. The maximum Gasteiger partial charge on any atom is 0.411 e. The number of hydrogen-bond acceptors (Lipinski definition) is 5. The summed E-state index contributed by atoms with van der Waals surface area (Å²) in [7, 11) is 0. The zero-order valence-electron chi connectivity index (χ0n) is 14.4. The van der Waals surface area contributed by atoms with E-state index in [9.17, 15) is 19.5 Å². The highest BCUT2D eigenvalue weighted by Gasteiger charge is 2.38. The van der Waals surface area contributed by atoms with E-state index in [4.69, 9.17) is 4.74 Å². The zero-order valence-corrected chi connectivity index (χ0v) is 15.9. The second-order valence-electron chi connectivity index (χ2n) is 6.79. The van der Waals surface area contributed by atoms with Gasteiger partial charge in [-0.15, -0.1) is 0 Å². The highest BCUT2D eigenvalue weighted by Crippen LogP contribution is 2.26. The van der Waals surface area contributed by atoms with Crippen molar-refractivity contribution in [1.29, 1.82) is 0 Å². The minimum Gasteiger partial charge on any atom is -0.480 e. The summed E-state index contributed by atoms with van der Waals surface area (Å²) in [5.41, 5.74) is 0.408. The van der Waals surface area contributed by atoms with Crippen LogP contribution in [0.4, 0.5) is 10.5 Å². The van der Waals surface area contributed by atoms with Crippen LogP contribution in [0.15, 0.2) is 22.7 Å². The predicted molar refractivity (Wildman–Crippen MR) is 96.1 cm³/mol. The molecule has 1 aliphatic heterocycles. The topological polar surface area (TPSA) is 87.2 Å². The Labute approximate surface area is 154 Å². The summed E-state index contributed by atoms with van der Waals surface area (Å²) >= 11 is 3.31. The third-order valence-corrected chi connectivity index (χ3v) is 4.24. The Balaban J connectivity index is 2.23. The number of halogens is 1. The average Bonchev–Trinajstić information content (AvgIpc) is 2.52. The third-order valence-electron chi connectivity index (χ3n) is 3.75. The molecule has 1 heterocycles. The lowest BCUT2D eigenvalue weighted by molar-refractivity contribution is -0.143. The van der Waals surface area contributed by atoms with E-state index in [-0.39, 0.29) is 13.1 Å². The Kier molecular flexibility index (Phi) is 5.72. The molecule has 8 heteroatoms. The summed E-state index contributed by atoms with van der Waals surface area (Å²) in [4.78, 5) is 38.3. The summed E-state index contributed by atoms with van der Waals surface area (Å²) < 4.78 is 6.07. The van der Waals surface area contributed by atoms with Gasteiger partial charge in [0, 0.05) is 35.4 Å². The number of hydrogen-bond donors (Lipinski definition) is 1. The summed E-state index contributed by atoms with van der Waals surface area (Å²) in [5.74, 6) is -1.11. The maximum absolute atomic E-state index is 12.3. The Morgan fingerprint density at radius 3 is 2.56 bits per heavy atom. The number of ether oxygens (including phenoxy) is 1. The van der Waals surface area contributed by atoms with Crippen molar-refractivity contribution < 1.29 is 24.2 Å². The van der Waals surface area contributed by atoms with Gasteiger partial charge in [0.2, 0.25) is 0 Å². The number of carbonyl (C=O) groups excluding carboxylic acids is 2. The van der Waals surface area contributed by atoms with Crippen LogP contribution in [-0.4, -0.2) is 59.6 Å². The number of aliphatic carboxylic acids is 1. The molecule has 0 unspecified atom stereocenters. The van der Waals surface area contributed by atoms with Crippen molar-refractivity contribution in [3.63, 3.8) is 0 Å². The quantitative estimate of drug-likeness (QED) is 0.767. The molecule has 1 atom stereocenters. The minimum absolute atomic E-state index is 0.0804. The van der Waals surface area contributed by atoms with Crippen molar-refractivity contribution in [2.45, 2.75) is 32.4 Å². The van der Waals surface area contributed by atoms with Crippen LogP contribution < -0.4 is 4.90 Å². The van der Waals surface area contributed by atoms with Crippen LogP contribution >= 0.6 is 15.9 Å². The van der Waals surface area contributed by atoms with Crippen LogP contribution in [0.2, 0.25) is 0 Å². The van der Waals surface area contributed by atoms with Crippen molar-refractivity contribution in [2.24, 2.45) is 0 Å². The van der Waals surface area contributed by atoms with Crippen LogP contribution in [0.1, 0.15) is 31.1 Å². The molecule has 0 bridgehead atoms. The van der Waals surface area contributed by atoms with Crippen LogP contribution in [0.5, 0.6) is 0 Å². The van der Waals surface area contributed by atoms with Gasteiger partial charge in [-0.25, -0.2) is 9.59 Å². The number of amides is 1. The van der Waals surface area contributed by atoms with E-state index in [0.717, 1.165) is 10.8 Å². The molecule has 0 aromatic heterocycles. The Morgan fingerprint density at radius 1 is 1.32 bits per heavy atom. The van der Waals surface area contributed by atoms with Gasteiger partial charge in [0.25, 0.3) is 0 Å². The number of benzene rings is 1. The molecule has 1 saturated heterocycles. The molecule has 1 amide bonds. The predicted octanol–water partition coefficient (Wildman–Crippen LogP) is 2.77. The molecule has 0 saturated carbocycles. The first kappa shape index (κ1) is 19.2. The fraction of sp³-hybridized carbons (Fsp3) is 0.471. The molecule has 0 aliphatic carbocycles. The Hall–Kier alpha value is -2.09. The first-order chi connectivity index (χ1) is 11.6. The SMILES string of the molecule is CC(C)(C)OC(=O)N1CCN(c2ccc(Br)cc2C=O)C[C@H]1C(=O)O. The van der Waals surface area contributed by atoms with Gasteiger partial charge in [0.05, 0.1) is 0 Å². The molecule has 0 spiro atoms. The minimum atomic E-state index is -1.11. The fourth-order valence-corrected chi connectivity index (χ4v) is 3.04. The van der Waals surface area contributed by atoms with E-state index in [0.29, 0.717) is 17.8 Å². The van der Waals surface area contributed by atoms with Crippen LogP contribution in [0, 0.1) is 0 Å². The largest absolute Gasteiger partial charge is 0.480 e. The molecule has 25 heavy (non-hydrogen) atoms. The number of anilines is 1. The summed E-state index contributed by atoms with van der Waals surface area (Å²) in [6.45, 7) is 5.88. The van der Waals surface area contributed by atoms with Crippen molar-refractivity contribution in [3.8, 4) is 0 Å². The van der Waals surface area contributed by atoms with Gasteiger partial charge in [0.15, 0.2) is 6.29 Å². The molecule has 1 aliphatic rings. The summed E-state index contributed by atoms with van der Waals surface area (Å²) in [6, 6.07) is 4.18.